The molecule has 0 bridgehead atoms. The minimum Gasteiger partial charge on any atom is -0.388 e. The van der Waals surface area contributed by atoms with Gasteiger partial charge in [-0.2, -0.15) is 0 Å². The molecule has 0 saturated heterocycles. The van der Waals surface area contributed by atoms with Gasteiger partial charge in [0.05, 0.1) is 6.10 Å². The molecule has 0 saturated carbocycles. The normalized spacial score (nSPS) is 13.0. The van der Waals surface area contributed by atoms with Crippen LogP contribution in [0.25, 0.3) is 0 Å². The fourth-order valence-electron chi connectivity index (χ4n) is 1.63. The summed E-state index contributed by atoms with van der Waals surface area (Å²) in [6.07, 6.45) is 0.409. The smallest absolute Gasteiger partial charge is 0.0792 e. The Morgan fingerprint density at radius 2 is 2.00 bits per heavy atom. The fourth-order valence-corrected chi connectivity index (χ4v) is 1.63. The number of hydrogen-bond acceptors (Lipinski definition) is 1. The molecule has 0 heterocycles. The van der Waals surface area contributed by atoms with Crippen LogP contribution in [0.4, 0.5) is 0 Å². The molecule has 1 aromatic rings. The highest BCUT2D eigenvalue weighted by molar-refractivity contribution is 5.42. The first kappa shape index (κ1) is 10.3. The second-order valence-electron chi connectivity index (χ2n) is 3.50. The van der Waals surface area contributed by atoms with Crippen LogP contribution >= 0.6 is 0 Å². The Morgan fingerprint density at radius 3 is 2.54 bits per heavy atom. The van der Waals surface area contributed by atoms with Crippen molar-refractivity contribution in [2.45, 2.75) is 33.3 Å². The Bertz CT molecular complexity index is 302. The van der Waals surface area contributed by atoms with Crippen molar-refractivity contribution in [3.05, 3.63) is 41.3 Å². The van der Waals surface area contributed by atoms with E-state index >= 15 is 0 Å². The van der Waals surface area contributed by atoms with E-state index in [1.165, 1.54) is 0 Å². The summed E-state index contributed by atoms with van der Waals surface area (Å²) in [5, 5.41) is 9.79. The summed E-state index contributed by atoms with van der Waals surface area (Å²) in [6, 6.07) is 4.01. The Balaban J connectivity index is 3.25. The van der Waals surface area contributed by atoms with Gasteiger partial charge < -0.3 is 5.11 Å². The standard InChI is InChI=1S/C12H17O/c1-5-11(13)12-9(3)7-6-8(2)10(12)4/h6-7,11,13H,2,5H2,1,3-4H3. The molecule has 0 amide bonds. The van der Waals surface area contributed by atoms with E-state index in [0.717, 1.165) is 28.7 Å². The molecule has 1 rings (SSSR count). The van der Waals surface area contributed by atoms with Crippen LogP contribution in [0.5, 0.6) is 0 Å². The maximum atomic E-state index is 9.79. The van der Waals surface area contributed by atoms with Crippen molar-refractivity contribution in [1.29, 1.82) is 0 Å². The SMILES string of the molecule is [CH2]c1ccc(C)c(C(O)CC)c1C. The number of benzene rings is 1. The lowest BCUT2D eigenvalue weighted by atomic mass is 9.93. The van der Waals surface area contributed by atoms with E-state index < -0.39 is 0 Å². The monoisotopic (exact) mass is 177 g/mol. The van der Waals surface area contributed by atoms with Crippen molar-refractivity contribution >= 4 is 0 Å². The maximum absolute atomic E-state index is 9.79. The highest BCUT2D eigenvalue weighted by atomic mass is 16.3. The summed E-state index contributed by atoms with van der Waals surface area (Å²) in [4.78, 5) is 0. The predicted molar refractivity (Wildman–Crippen MR) is 55.6 cm³/mol. The van der Waals surface area contributed by atoms with E-state index in [1.807, 2.05) is 32.9 Å². The molecule has 1 radical (unpaired) electrons. The average Bonchev–Trinajstić information content (AvgIpc) is 2.12. The molecule has 0 aliphatic rings. The number of rotatable bonds is 2. The first-order valence-electron chi connectivity index (χ1n) is 4.68. The number of aliphatic hydroxyl groups excluding tert-OH is 1. The van der Waals surface area contributed by atoms with Gasteiger partial charge in [-0.1, -0.05) is 19.1 Å². The zero-order chi connectivity index (χ0) is 10.0. The zero-order valence-corrected chi connectivity index (χ0v) is 8.59. The van der Waals surface area contributed by atoms with Crippen LogP contribution in [-0.2, 0) is 0 Å². The molecule has 1 N–H and O–H groups in total. The Morgan fingerprint density at radius 1 is 1.38 bits per heavy atom. The molecule has 0 aliphatic carbocycles. The van der Waals surface area contributed by atoms with Gasteiger partial charge in [0.2, 0.25) is 0 Å². The van der Waals surface area contributed by atoms with E-state index in [1.54, 1.807) is 0 Å². The third-order valence-corrected chi connectivity index (χ3v) is 2.56. The van der Waals surface area contributed by atoms with Crippen molar-refractivity contribution < 1.29 is 5.11 Å². The maximum Gasteiger partial charge on any atom is 0.0792 e. The van der Waals surface area contributed by atoms with Crippen molar-refractivity contribution in [3.8, 4) is 0 Å². The summed E-state index contributed by atoms with van der Waals surface area (Å²) < 4.78 is 0. The number of hydrogen-bond donors (Lipinski definition) is 1. The molecule has 13 heavy (non-hydrogen) atoms. The molecule has 0 spiro atoms. The highest BCUT2D eigenvalue weighted by Gasteiger charge is 2.11. The van der Waals surface area contributed by atoms with Crippen LogP contribution in [0.3, 0.4) is 0 Å². The van der Waals surface area contributed by atoms with Gasteiger partial charge in [-0.05, 0) is 49.4 Å². The van der Waals surface area contributed by atoms with Crippen LogP contribution < -0.4 is 0 Å². The predicted octanol–water partition coefficient (Wildman–Crippen LogP) is 2.93. The van der Waals surface area contributed by atoms with E-state index in [9.17, 15) is 5.11 Å². The molecule has 1 unspecified atom stereocenters. The lowest BCUT2D eigenvalue weighted by Crippen LogP contribution is -2.02. The Hall–Kier alpha value is -0.820. The van der Waals surface area contributed by atoms with E-state index in [0.29, 0.717) is 0 Å². The Labute approximate surface area is 80.4 Å². The third-order valence-electron chi connectivity index (χ3n) is 2.56. The molecule has 71 valence electrons. The summed E-state index contributed by atoms with van der Waals surface area (Å²) >= 11 is 0. The quantitative estimate of drug-likeness (QED) is 0.736. The number of aliphatic hydroxyl groups is 1. The first-order valence-corrected chi connectivity index (χ1v) is 4.68. The third kappa shape index (κ3) is 1.92. The Kier molecular flexibility index (Phi) is 3.10. The van der Waals surface area contributed by atoms with Crippen molar-refractivity contribution in [3.63, 3.8) is 0 Å². The first-order chi connectivity index (χ1) is 6.07. The van der Waals surface area contributed by atoms with Crippen LogP contribution in [0, 0.1) is 20.8 Å². The van der Waals surface area contributed by atoms with E-state index in [2.05, 4.69) is 6.92 Å². The molecular weight excluding hydrogens is 160 g/mol. The van der Waals surface area contributed by atoms with Crippen molar-refractivity contribution in [2.75, 3.05) is 0 Å². The van der Waals surface area contributed by atoms with Crippen LogP contribution in [-0.4, -0.2) is 5.11 Å². The molecule has 1 aromatic carbocycles. The van der Waals surface area contributed by atoms with Gasteiger partial charge in [0, 0.05) is 0 Å². The molecule has 0 aliphatic heterocycles. The van der Waals surface area contributed by atoms with Crippen LogP contribution in [0.1, 0.15) is 41.7 Å². The van der Waals surface area contributed by atoms with E-state index in [-0.39, 0.29) is 6.10 Å². The molecule has 1 nitrogen and oxygen atoms in total. The second kappa shape index (κ2) is 3.93. The minimum atomic E-state index is -0.346. The molecule has 1 heteroatoms. The van der Waals surface area contributed by atoms with Crippen LogP contribution in [0.2, 0.25) is 0 Å². The largest absolute Gasteiger partial charge is 0.388 e. The van der Waals surface area contributed by atoms with Gasteiger partial charge in [0.25, 0.3) is 0 Å². The lowest BCUT2D eigenvalue weighted by Gasteiger charge is -2.16. The highest BCUT2D eigenvalue weighted by Crippen LogP contribution is 2.26. The zero-order valence-electron chi connectivity index (χ0n) is 8.59. The summed E-state index contributed by atoms with van der Waals surface area (Å²) in [7, 11) is 0. The lowest BCUT2D eigenvalue weighted by molar-refractivity contribution is 0.172. The van der Waals surface area contributed by atoms with E-state index in [4.69, 9.17) is 0 Å². The fraction of sp³-hybridized carbons (Fsp3) is 0.417. The topological polar surface area (TPSA) is 20.2 Å². The van der Waals surface area contributed by atoms with Gasteiger partial charge in [0.15, 0.2) is 0 Å². The summed E-state index contributed by atoms with van der Waals surface area (Å²) in [5.74, 6) is 0. The van der Waals surface area contributed by atoms with Crippen molar-refractivity contribution in [2.24, 2.45) is 0 Å². The average molecular weight is 177 g/mol. The van der Waals surface area contributed by atoms with Gasteiger partial charge in [0.1, 0.15) is 0 Å². The van der Waals surface area contributed by atoms with Crippen molar-refractivity contribution in [1.82, 2.24) is 0 Å². The van der Waals surface area contributed by atoms with Gasteiger partial charge in [-0.25, -0.2) is 0 Å². The molecule has 0 fully saturated rings. The summed E-state index contributed by atoms with van der Waals surface area (Å²) in [6.45, 7) is 9.96. The minimum absolute atomic E-state index is 0.346. The number of aryl methyl sites for hydroxylation is 1. The van der Waals surface area contributed by atoms with Gasteiger partial charge >= 0.3 is 0 Å². The van der Waals surface area contributed by atoms with Gasteiger partial charge in [-0.3, -0.25) is 0 Å². The van der Waals surface area contributed by atoms with Crippen LogP contribution in [0.15, 0.2) is 12.1 Å². The molecule has 0 aromatic heterocycles. The van der Waals surface area contributed by atoms with Gasteiger partial charge in [-0.15, -0.1) is 0 Å². The second-order valence-corrected chi connectivity index (χ2v) is 3.50. The molecular formula is C12H17O. The summed E-state index contributed by atoms with van der Waals surface area (Å²) in [5.41, 5.74) is 4.33. The molecule has 1 atom stereocenters.